The van der Waals surface area contributed by atoms with Crippen molar-refractivity contribution < 1.29 is 9.59 Å². The standard InChI is InChI=1S/C12H14N4O2/c1-8-11(18)15-10(17)7-16(8)12(13)14-9-5-3-2-4-6-9/h2-6,8H,7H2,1H3,(H2,13,14)(H,15,17,18). The Morgan fingerprint density at radius 3 is 2.72 bits per heavy atom. The Morgan fingerprint density at radius 2 is 2.06 bits per heavy atom. The first-order valence-corrected chi connectivity index (χ1v) is 5.57. The summed E-state index contributed by atoms with van der Waals surface area (Å²) in [6.07, 6.45) is 0. The largest absolute Gasteiger partial charge is 0.369 e. The lowest BCUT2D eigenvalue weighted by Gasteiger charge is -2.32. The molecule has 1 aliphatic heterocycles. The number of guanidine groups is 1. The van der Waals surface area contributed by atoms with Crippen molar-refractivity contribution in [3.8, 4) is 0 Å². The Labute approximate surface area is 104 Å². The summed E-state index contributed by atoms with van der Waals surface area (Å²) in [7, 11) is 0. The lowest BCUT2D eigenvalue weighted by molar-refractivity contribution is -0.137. The molecule has 2 rings (SSSR count). The minimum Gasteiger partial charge on any atom is -0.369 e. The molecule has 0 radical (unpaired) electrons. The highest BCUT2D eigenvalue weighted by molar-refractivity contribution is 6.04. The van der Waals surface area contributed by atoms with Gasteiger partial charge in [-0.1, -0.05) is 18.2 Å². The van der Waals surface area contributed by atoms with Crippen LogP contribution in [0.4, 0.5) is 5.69 Å². The topological polar surface area (TPSA) is 87.8 Å². The molecule has 0 spiro atoms. The fraction of sp³-hybridized carbons (Fsp3) is 0.250. The number of hydrogen-bond acceptors (Lipinski definition) is 3. The molecule has 1 fully saturated rings. The first kappa shape index (κ1) is 12.1. The number of nitrogens with two attached hydrogens (primary N) is 1. The highest BCUT2D eigenvalue weighted by Gasteiger charge is 2.31. The molecule has 0 saturated carbocycles. The zero-order valence-electron chi connectivity index (χ0n) is 9.96. The summed E-state index contributed by atoms with van der Waals surface area (Å²) in [5, 5.41) is 2.25. The van der Waals surface area contributed by atoms with Crippen molar-refractivity contribution in [2.24, 2.45) is 10.7 Å². The number of para-hydroxylation sites is 1. The first-order valence-electron chi connectivity index (χ1n) is 5.57. The summed E-state index contributed by atoms with van der Waals surface area (Å²) in [4.78, 5) is 28.5. The van der Waals surface area contributed by atoms with Gasteiger partial charge in [-0.2, -0.15) is 0 Å². The van der Waals surface area contributed by atoms with Gasteiger partial charge in [0, 0.05) is 0 Å². The fourth-order valence-corrected chi connectivity index (χ4v) is 1.69. The Balaban J connectivity index is 2.22. The van der Waals surface area contributed by atoms with Crippen LogP contribution in [-0.2, 0) is 9.59 Å². The SMILES string of the molecule is CC1C(=O)NC(=O)CN1C(N)=Nc1ccccc1. The molecule has 1 saturated heterocycles. The van der Waals surface area contributed by atoms with E-state index in [1.807, 2.05) is 18.2 Å². The average Bonchev–Trinajstić information content (AvgIpc) is 2.35. The van der Waals surface area contributed by atoms with Gasteiger partial charge < -0.3 is 10.6 Å². The molecule has 1 heterocycles. The molecule has 1 aromatic rings. The van der Waals surface area contributed by atoms with E-state index < -0.39 is 6.04 Å². The Kier molecular flexibility index (Phi) is 3.27. The summed E-state index contributed by atoms with van der Waals surface area (Å²) in [6.45, 7) is 1.71. The number of carbonyl (C=O) groups is 2. The van der Waals surface area contributed by atoms with Gasteiger partial charge in [0.25, 0.3) is 0 Å². The lowest BCUT2D eigenvalue weighted by Crippen LogP contribution is -2.60. The molecule has 6 heteroatoms. The summed E-state index contributed by atoms with van der Waals surface area (Å²) in [6, 6.07) is 8.63. The van der Waals surface area contributed by atoms with Crippen LogP contribution in [0.25, 0.3) is 0 Å². The van der Waals surface area contributed by atoms with Crippen molar-refractivity contribution in [2.45, 2.75) is 13.0 Å². The average molecular weight is 246 g/mol. The van der Waals surface area contributed by atoms with Crippen molar-refractivity contribution in [3.63, 3.8) is 0 Å². The second-order valence-electron chi connectivity index (χ2n) is 4.02. The molecule has 1 atom stereocenters. The third kappa shape index (κ3) is 2.48. The van der Waals surface area contributed by atoms with Crippen LogP contribution in [0.15, 0.2) is 35.3 Å². The summed E-state index contributed by atoms with van der Waals surface area (Å²) in [5.41, 5.74) is 6.52. The molecule has 18 heavy (non-hydrogen) atoms. The number of piperazine rings is 1. The monoisotopic (exact) mass is 246 g/mol. The maximum absolute atomic E-state index is 11.5. The number of amides is 2. The van der Waals surface area contributed by atoms with E-state index in [0.717, 1.165) is 0 Å². The highest BCUT2D eigenvalue weighted by Crippen LogP contribution is 2.12. The Bertz CT molecular complexity index is 498. The molecule has 0 aliphatic carbocycles. The van der Waals surface area contributed by atoms with E-state index in [1.165, 1.54) is 4.90 Å². The second-order valence-corrected chi connectivity index (χ2v) is 4.02. The second kappa shape index (κ2) is 4.87. The van der Waals surface area contributed by atoms with Gasteiger partial charge in [-0.05, 0) is 19.1 Å². The van der Waals surface area contributed by atoms with Crippen molar-refractivity contribution in [2.75, 3.05) is 6.54 Å². The summed E-state index contributed by atoms with van der Waals surface area (Å²) in [5.74, 6) is -0.571. The van der Waals surface area contributed by atoms with E-state index in [2.05, 4.69) is 10.3 Å². The van der Waals surface area contributed by atoms with Gasteiger partial charge in [0.05, 0.1) is 5.69 Å². The van der Waals surface area contributed by atoms with E-state index in [-0.39, 0.29) is 24.3 Å². The molecule has 1 aromatic carbocycles. The van der Waals surface area contributed by atoms with E-state index >= 15 is 0 Å². The minimum atomic E-state index is -0.504. The molecule has 1 aliphatic rings. The molecule has 6 nitrogen and oxygen atoms in total. The van der Waals surface area contributed by atoms with Gasteiger partial charge in [-0.15, -0.1) is 0 Å². The van der Waals surface area contributed by atoms with E-state index in [4.69, 9.17) is 5.73 Å². The van der Waals surface area contributed by atoms with Crippen molar-refractivity contribution >= 4 is 23.5 Å². The Morgan fingerprint density at radius 1 is 1.39 bits per heavy atom. The van der Waals surface area contributed by atoms with Gasteiger partial charge in [0.15, 0.2) is 5.96 Å². The maximum Gasteiger partial charge on any atom is 0.249 e. The molecular weight excluding hydrogens is 232 g/mol. The van der Waals surface area contributed by atoms with Gasteiger partial charge in [-0.3, -0.25) is 14.9 Å². The molecule has 0 bridgehead atoms. The van der Waals surface area contributed by atoms with Crippen molar-refractivity contribution in [3.05, 3.63) is 30.3 Å². The number of benzene rings is 1. The number of hydrogen-bond donors (Lipinski definition) is 2. The number of carbonyl (C=O) groups excluding carboxylic acids is 2. The predicted octanol–water partition coefficient (Wildman–Crippen LogP) is -0.0203. The van der Waals surface area contributed by atoms with E-state index in [0.29, 0.717) is 5.69 Å². The third-order valence-corrected chi connectivity index (χ3v) is 2.72. The zero-order chi connectivity index (χ0) is 13.1. The molecule has 1 unspecified atom stereocenters. The first-order chi connectivity index (χ1) is 8.58. The van der Waals surface area contributed by atoms with Crippen LogP contribution >= 0.6 is 0 Å². The molecular formula is C12H14N4O2. The van der Waals surface area contributed by atoms with Crippen molar-refractivity contribution in [1.29, 1.82) is 0 Å². The molecule has 0 aromatic heterocycles. The van der Waals surface area contributed by atoms with Crippen LogP contribution in [0.1, 0.15) is 6.92 Å². The van der Waals surface area contributed by atoms with Crippen LogP contribution in [0, 0.1) is 0 Å². The number of nitrogens with zero attached hydrogens (tertiary/aromatic N) is 2. The van der Waals surface area contributed by atoms with E-state index in [9.17, 15) is 9.59 Å². The molecule has 3 N–H and O–H groups in total. The van der Waals surface area contributed by atoms with Crippen LogP contribution in [0.3, 0.4) is 0 Å². The quantitative estimate of drug-likeness (QED) is 0.414. The van der Waals surface area contributed by atoms with Crippen molar-refractivity contribution in [1.82, 2.24) is 10.2 Å². The third-order valence-electron chi connectivity index (χ3n) is 2.72. The number of aliphatic imine (C=N–C) groups is 1. The molecule has 2 amide bonds. The van der Waals surface area contributed by atoms with Crippen LogP contribution in [-0.4, -0.2) is 35.3 Å². The van der Waals surface area contributed by atoms with Gasteiger partial charge in [0.1, 0.15) is 12.6 Å². The fourth-order valence-electron chi connectivity index (χ4n) is 1.69. The lowest BCUT2D eigenvalue weighted by atomic mass is 10.2. The van der Waals surface area contributed by atoms with Crippen LogP contribution in [0.2, 0.25) is 0 Å². The highest BCUT2D eigenvalue weighted by atomic mass is 16.2. The normalized spacial score (nSPS) is 20.8. The van der Waals surface area contributed by atoms with E-state index in [1.54, 1.807) is 19.1 Å². The number of nitrogens with one attached hydrogen (secondary N) is 1. The summed E-state index contributed by atoms with van der Waals surface area (Å²) < 4.78 is 0. The minimum absolute atomic E-state index is 0.0368. The molecule has 94 valence electrons. The van der Waals surface area contributed by atoms with Gasteiger partial charge >= 0.3 is 0 Å². The van der Waals surface area contributed by atoms with Crippen LogP contribution in [0.5, 0.6) is 0 Å². The summed E-state index contributed by atoms with van der Waals surface area (Å²) >= 11 is 0. The Hall–Kier alpha value is -2.37. The number of imide groups is 1. The zero-order valence-corrected chi connectivity index (χ0v) is 9.96. The van der Waals surface area contributed by atoms with Gasteiger partial charge in [0.2, 0.25) is 11.8 Å². The smallest absolute Gasteiger partial charge is 0.249 e. The van der Waals surface area contributed by atoms with Gasteiger partial charge in [-0.25, -0.2) is 4.99 Å². The predicted molar refractivity (Wildman–Crippen MR) is 67.0 cm³/mol. The maximum atomic E-state index is 11.5. The number of rotatable bonds is 1. The van der Waals surface area contributed by atoms with Crippen LogP contribution < -0.4 is 11.1 Å².